The summed E-state index contributed by atoms with van der Waals surface area (Å²) in [5, 5.41) is 3.81. The minimum Gasteiger partial charge on any atom is -0.489 e. The minimum absolute atomic E-state index is 0.0113. The maximum Gasteiger partial charge on any atom is 0.217 e. The number of nitrogens with one attached hydrogen (secondary N) is 1. The van der Waals surface area contributed by atoms with E-state index in [2.05, 4.69) is 19.2 Å². The minimum atomic E-state index is -0.295. The lowest BCUT2D eigenvalue weighted by molar-refractivity contribution is -0.153. The average Bonchev–Trinajstić information content (AvgIpc) is 2.86. The fourth-order valence-corrected chi connectivity index (χ4v) is 5.46. The van der Waals surface area contributed by atoms with Crippen molar-refractivity contribution in [3.8, 4) is 11.5 Å². The third kappa shape index (κ3) is 3.84. The number of hydrogen-bond acceptors (Lipinski definition) is 4. The molecule has 3 aliphatic rings. The topological polar surface area (TPSA) is 56.8 Å². The van der Waals surface area contributed by atoms with Gasteiger partial charge in [0.1, 0.15) is 0 Å². The summed E-state index contributed by atoms with van der Waals surface area (Å²) in [5.41, 5.74) is 0.693. The summed E-state index contributed by atoms with van der Waals surface area (Å²) in [6, 6.07) is 3.93. The molecule has 1 N–H and O–H groups in total. The second kappa shape index (κ2) is 7.75. The maximum atomic E-state index is 12.0. The third-order valence-electron chi connectivity index (χ3n) is 6.48. The van der Waals surface area contributed by atoms with Crippen LogP contribution in [0.4, 0.5) is 0 Å². The van der Waals surface area contributed by atoms with Gasteiger partial charge in [-0.15, -0.1) is 0 Å². The molecule has 1 aliphatic carbocycles. The number of carbonyl (C=O) groups excluding carboxylic acids is 1. The Kier molecular flexibility index (Phi) is 5.49. The smallest absolute Gasteiger partial charge is 0.217 e. The van der Waals surface area contributed by atoms with Gasteiger partial charge >= 0.3 is 0 Å². The van der Waals surface area contributed by atoms with Crippen molar-refractivity contribution in [2.45, 2.75) is 70.6 Å². The van der Waals surface area contributed by atoms with Crippen LogP contribution >= 0.6 is 11.6 Å². The fraction of sp³-hybridized carbons (Fsp3) is 0.682. The van der Waals surface area contributed by atoms with Crippen LogP contribution in [0, 0.1) is 11.8 Å². The molecule has 0 bridgehead atoms. The Morgan fingerprint density at radius 1 is 1.25 bits per heavy atom. The first-order chi connectivity index (χ1) is 13.4. The Bertz CT molecular complexity index is 754. The Labute approximate surface area is 172 Å². The van der Waals surface area contributed by atoms with Crippen LogP contribution in [0.15, 0.2) is 12.1 Å². The number of halogens is 1. The number of fused-ring (bicyclic) bond motifs is 2. The van der Waals surface area contributed by atoms with Gasteiger partial charge in [0, 0.05) is 31.2 Å². The molecule has 2 fully saturated rings. The van der Waals surface area contributed by atoms with E-state index < -0.39 is 0 Å². The van der Waals surface area contributed by atoms with Crippen LogP contribution in [0.25, 0.3) is 0 Å². The SMILES string of the molecule is CC(=O)N[C@@]1(C)C[C@H](c2cc(Cl)c3c(c2)OCCCO3)O[C@@H]2C[C@H](C)CC[C@H]21. The molecule has 0 spiro atoms. The lowest BCUT2D eigenvalue weighted by atomic mass is 9.66. The fourth-order valence-electron chi connectivity index (χ4n) is 5.18. The van der Waals surface area contributed by atoms with E-state index >= 15 is 0 Å². The predicted octanol–water partition coefficient (Wildman–Crippen LogP) is 4.66. The molecule has 1 aromatic rings. The van der Waals surface area contributed by atoms with Crippen molar-refractivity contribution >= 4 is 17.5 Å². The Morgan fingerprint density at radius 3 is 2.82 bits per heavy atom. The van der Waals surface area contributed by atoms with Gasteiger partial charge in [-0.05, 0) is 43.4 Å². The van der Waals surface area contributed by atoms with Gasteiger partial charge in [0.05, 0.1) is 30.4 Å². The van der Waals surface area contributed by atoms with Crippen molar-refractivity contribution in [2.75, 3.05) is 13.2 Å². The van der Waals surface area contributed by atoms with Crippen molar-refractivity contribution < 1.29 is 19.0 Å². The zero-order valence-electron chi connectivity index (χ0n) is 16.9. The van der Waals surface area contributed by atoms with Crippen LogP contribution in [0.5, 0.6) is 11.5 Å². The molecule has 1 saturated carbocycles. The average molecular weight is 408 g/mol. The molecule has 0 aromatic heterocycles. The van der Waals surface area contributed by atoms with Crippen LogP contribution in [0.3, 0.4) is 0 Å². The van der Waals surface area contributed by atoms with E-state index in [9.17, 15) is 4.79 Å². The molecule has 0 radical (unpaired) electrons. The van der Waals surface area contributed by atoms with Crippen LogP contribution in [0.1, 0.15) is 64.5 Å². The van der Waals surface area contributed by atoms with E-state index in [4.69, 9.17) is 25.8 Å². The molecule has 2 heterocycles. The molecular formula is C22H30ClNO4. The summed E-state index contributed by atoms with van der Waals surface area (Å²) in [6.45, 7) is 7.27. The second-order valence-electron chi connectivity index (χ2n) is 8.87. The van der Waals surface area contributed by atoms with E-state index in [1.54, 1.807) is 6.92 Å². The maximum absolute atomic E-state index is 12.0. The molecule has 28 heavy (non-hydrogen) atoms. The van der Waals surface area contributed by atoms with Gasteiger partial charge in [0.15, 0.2) is 11.5 Å². The highest BCUT2D eigenvalue weighted by atomic mass is 35.5. The number of ether oxygens (including phenoxy) is 3. The molecule has 5 atom stereocenters. The normalized spacial score (nSPS) is 34.9. The summed E-state index contributed by atoms with van der Waals surface area (Å²) < 4.78 is 18.2. The molecular weight excluding hydrogens is 378 g/mol. The number of carbonyl (C=O) groups is 1. The van der Waals surface area contributed by atoms with Crippen molar-refractivity contribution in [3.05, 3.63) is 22.7 Å². The van der Waals surface area contributed by atoms with Crippen molar-refractivity contribution in [1.82, 2.24) is 5.32 Å². The summed E-state index contributed by atoms with van der Waals surface area (Å²) in [7, 11) is 0. The Morgan fingerprint density at radius 2 is 2.04 bits per heavy atom. The van der Waals surface area contributed by atoms with Crippen molar-refractivity contribution in [1.29, 1.82) is 0 Å². The standard InChI is InChI=1S/C22H30ClNO4/c1-13-5-6-16-18(9-13)28-20(12-22(16,3)24-14(2)25)15-10-17(23)21-19(11-15)26-7-4-8-27-21/h10-11,13,16,18,20H,4-9,12H2,1-3H3,(H,24,25)/t13-,16-,18-,20-,22+/m1/s1. The molecule has 154 valence electrons. The van der Waals surface area contributed by atoms with Crippen molar-refractivity contribution in [3.63, 3.8) is 0 Å². The summed E-state index contributed by atoms with van der Waals surface area (Å²) >= 11 is 6.52. The van der Waals surface area contributed by atoms with E-state index in [1.807, 2.05) is 12.1 Å². The molecule has 1 saturated heterocycles. The lowest BCUT2D eigenvalue weighted by Gasteiger charge is -2.52. The van der Waals surface area contributed by atoms with Gasteiger partial charge in [-0.3, -0.25) is 4.79 Å². The molecule has 6 heteroatoms. The number of hydrogen-bond donors (Lipinski definition) is 1. The monoisotopic (exact) mass is 407 g/mol. The first-order valence-electron chi connectivity index (χ1n) is 10.4. The highest BCUT2D eigenvalue weighted by Gasteiger charge is 2.49. The van der Waals surface area contributed by atoms with E-state index in [0.29, 0.717) is 41.6 Å². The van der Waals surface area contributed by atoms with Crippen LogP contribution in [-0.4, -0.2) is 30.8 Å². The molecule has 1 amide bonds. The molecule has 1 aromatic carbocycles. The zero-order valence-corrected chi connectivity index (χ0v) is 17.7. The quantitative estimate of drug-likeness (QED) is 0.774. The van der Waals surface area contributed by atoms with Gasteiger partial charge in [-0.2, -0.15) is 0 Å². The molecule has 5 nitrogen and oxygen atoms in total. The van der Waals surface area contributed by atoms with Gasteiger partial charge in [-0.25, -0.2) is 0 Å². The van der Waals surface area contributed by atoms with Crippen LogP contribution in [-0.2, 0) is 9.53 Å². The lowest BCUT2D eigenvalue weighted by Crippen LogP contribution is -2.60. The summed E-state index contributed by atoms with van der Waals surface area (Å²) in [4.78, 5) is 12.0. The number of amides is 1. The van der Waals surface area contributed by atoms with Crippen molar-refractivity contribution in [2.24, 2.45) is 11.8 Å². The summed E-state index contributed by atoms with van der Waals surface area (Å²) in [6.07, 6.45) is 4.83. The van der Waals surface area contributed by atoms with Gasteiger partial charge in [0.2, 0.25) is 5.91 Å². The summed E-state index contributed by atoms with van der Waals surface area (Å²) in [5.74, 6) is 2.28. The number of rotatable bonds is 2. The molecule has 2 aliphatic heterocycles. The van der Waals surface area contributed by atoms with Gasteiger partial charge in [0.25, 0.3) is 0 Å². The Hall–Kier alpha value is -1.46. The largest absolute Gasteiger partial charge is 0.489 e. The highest BCUT2D eigenvalue weighted by molar-refractivity contribution is 6.32. The van der Waals surface area contributed by atoms with Crippen LogP contribution < -0.4 is 14.8 Å². The van der Waals surface area contributed by atoms with Crippen LogP contribution in [0.2, 0.25) is 5.02 Å². The second-order valence-corrected chi connectivity index (χ2v) is 9.28. The molecule has 0 unspecified atom stereocenters. The highest BCUT2D eigenvalue weighted by Crippen LogP contribution is 2.49. The number of benzene rings is 1. The van der Waals surface area contributed by atoms with Gasteiger partial charge in [-0.1, -0.05) is 24.9 Å². The predicted molar refractivity (Wildman–Crippen MR) is 108 cm³/mol. The van der Waals surface area contributed by atoms with Gasteiger partial charge < -0.3 is 19.5 Å². The van der Waals surface area contributed by atoms with E-state index in [1.165, 1.54) is 6.42 Å². The zero-order chi connectivity index (χ0) is 19.9. The Balaban J connectivity index is 1.66. The first kappa shape index (κ1) is 19.8. The third-order valence-corrected chi connectivity index (χ3v) is 6.76. The van der Waals surface area contributed by atoms with E-state index in [0.717, 1.165) is 31.2 Å². The van der Waals surface area contributed by atoms with E-state index in [-0.39, 0.29) is 23.7 Å². The molecule has 4 rings (SSSR count). The first-order valence-corrected chi connectivity index (χ1v) is 10.8.